The number of hydrogen-bond acceptors (Lipinski definition) is 4. The summed E-state index contributed by atoms with van der Waals surface area (Å²) in [4.78, 5) is 27.4. The Morgan fingerprint density at radius 3 is 2.24 bits per heavy atom. The fourth-order valence-corrected chi connectivity index (χ4v) is 6.72. The zero-order valence-electron chi connectivity index (χ0n) is 24.8. The molecule has 6 nitrogen and oxygen atoms in total. The predicted molar refractivity (Wildman–Crippen MR) is 181 cm³/mol. The van der Waals surface area contributed by atoms with E-state index in [1.807, 2.05) is 42.5 Å². The van der Waals surface area contributed by atoms with E-state index in [0.717, 1.165) is 61.4 Å². The molecule has 1 aromatic heterocycles. The molecule has 0 radical (unpaired) electrons. The largest absolute Gasteiger partial charge is 0.478 e. The molecule has 1 heterocycles. The van der Waals surface area contributed by atoms with Crippen LogP contribution in [0, 0.1) is 11.3 Å². The van der Waals surface area contributed by atoms with Crippen LogP contribution < -0.4 is 5.32 Å². The molecular weight excluding hydrogens is 591 g/mol. The summed E-state index contributed by atoms with van der Waals surface area (Å²) in [6.45, 7) is 0.251. The SMILES string of the molecule is N#Cc1cccc(-c2cc(C(=O)NCc3ccc(C(=O)O)cc3)c3c(Sc4ccc(-c5ccccc5)cc4)cn(C4CC4)c3c2)c1. The topological polar surface area (TPSA) is 95.1 Å². The second-order valence-corrected chi connectivity index (χ2v) is 12.5. The summed E-state index contributed by atoms with van der Waals surface area (Å²) in [6.07, 6.45) is 4.35. The van der Waals surface area contributed by atoms with E-state index in [1.54, 1.807) is 42.1 Å². The second-order valence-electron chi connectivity index (χ2n) is 11.4. The van der Waals surface area contributed by atoms with E-state index in [9.17, 15) is 20.0 Å². The first-order chi connectivity index (χ1) is 22.5. The van der Waals surface area contributed by atoms with E-state index in [1.165, 1.54) is 0 Å². The summed E-state index contributed by atoms with van der Waals surface area (Å²) in [7, 11) is 0. The molecule has 2 N–H and O–H groups in total. The minimum atomic E-state index is -0.991. The second kappa shape index (κ2) is 12.4. The van der Waals surface area contributed by atoms with Crippen LogP contribution in [-0.2, 0) is 6.54 Å². The Balaban J connectivity index is 1.29. The van der Waals surface area contributed by atoms with E-state index in [-0.39, 0.29) is 18.0 Å². The number of carbonyl (C=O) groups excluding carboxylic acids is 1. The van der Waals surface area contributed by atoms with Crippen LogP contribution in [0.1, 0.15) is 50.7 Å². The molecule has 5 aromatic carbocycles. The predicted octanol–water partition coefficient (Wildman–Crippen LogP) is 8.96. The average Bonchev–Trinajstić information content (AvgIpc) is 3.89. The fraction of sp³-hybridized carbons (Fsp3) is 0.103. The molecule has 46 heavy (non-hydrogen) atoms. The molecule has 0 atom stereocenters. The van der Waals surface area contributed by atoms with Crippen LogP contribution in [0.4, 0.5) is 0 Å². The maximum absolute atomic E-state index is 14.0. The molecule has 1 amide bonds. The molecule has 0 spiro atoms. The Hall–Kier alpha value is -5.58. The van der Waals surface area contributed by atoms with Gasteiger partial charge in [-0.1, -0.05) is 78.5 Å². The number of carbonyl (C=O) groups is 2. The van der Waals surface area contributed by atoms with Crippen LogP contribution in [0.15, 0.2) is 131 Å². The van der Waals surface area contributed by atoms with Crippen LogP contribution in [0.2, 0.25) is 0 Å². The number of aromatic nitrogens is 1. The van der Waals surface area contributed by atoms with Crippen molar-refractivity contribution in [2.24, 2.45) is 0 Å². The highest BCUT2D eigenvalue weighted by Gasteiger charge is 2.28. The summed E-state index contributed by atoms with van der Waals surface area (Å²) >= 11 is 1.65. The Labute approximate surface area is 270 Å². The fourth-order valence-electron chi connectivity index (χ4n) is 5.71. The van der Waals surface area contributed by atoms with Crippen molar-refractivity contribution in [2.75, 3.05) is 0 Å². The van der Waals surface area contributed by atoms with Gasteiger partial charge in [0.2, 0.25) is 0 Å². The lowest BCUT2D eigenvalue weighted by Crippen LogP contribution is -2.23. The van der Waals surface area contributed by atoms with Crippen LogP contribution in [0.3, 0.4) is 0 Å². The molecular formula is C39H29N3O3S. The van der Waals surface area contributed by atoms with Gasteiger partial charge in [-0.05, 0) is 89.2 Å². The summed E-state index contributed by atoms with van der Waals surface area (Å²) in [5, 5.41) is 22.8. The molecule has 0 saturated heterocycles. The molecule has 224 valence electrons. The first-order valence-corrected chi connectivity index (χ1v) is 15.9. The smallest absolute Gasteiger partial charge is 0.335 e. The van der Waals surface area contributed by atoms with Crippen molar-refractivity contribution in [2.45, 2.75) is 35.2 Å². The van der Waals surface area contributed by atoms with Gasteiger partial charge in [-0.25, -0.2) is 4.79 Å². The summed E-state index contributed by atoms with van der Waals surface area (Å²) in [6, 6.07) is 39.4. The summed E-state index contributed by atoms with van der Waals surface area (Å²) < 4.78 is 2.30. The molecule has 6 aromatic rings. The number of carboxylic acid groups (broad SMARTS) is 1. The van der Waals surface area contributed by atoms with Gasteiger partial charge in [0.1, 0.15) is 0 Å². The Kier molecular flexibility index (Phi) is 7.88. The average molecular weight is 620 g/mol. The number of amides is 1. The van der Waals surface area contributed by atoms with Crippen LogP contribution in [0.25, 0.3) is 33.2 Å². The zero-order valence-corrected chi connectivity index (χ0v) is 25.6. The number of fused-ring (bicyclic) bond motifs is 1. The van der Waals surface area contributed by atoms with Crippen LogP contribution in [-0.4, -0.2) is 21.6 Å². The highest BCUT2D eigenvalue weighted by atomic mass is 32.2. The molecule has 0 bridgehead atoms. The third kappa shape index (κ3) is 6.03. The van der Waals surface area contributed by atoms with E-state index >= 15 is 0 Å². The molecule has 7 rings (SSSR count). The van der Waals surface area contributed by atoms with Crippen molar-refractivity contribution in [3.63, 3.8) is 0 Å². The van der Waals surface area contributed by atoms with Crippen LogP contribution in [0.5, 0.6) is 0 Å². The molecule has 7 heteroatoms. The number of carboxylic acids is 1. The maximum atomic E-state index is 14.0. The van der Waals surface area contributed by atoms with E-state index < -0.39 is 5.97 Å². The van der Waals surface area contributed by atoms with Gasteiger partial charge in [0.15, 0.2) is 0 Å². The van der Waals surface area contributed by atoms with Crippen molar-refractivity contribution < 1.29 is 14.7 Å². The van der Waals surface area contributed by atoms with E-state index in [2.05, 4.69) is 64.6 Å². The number of rotatable bonds is 9. The van der Waals surface area contributed by atoms with Crippen LogP contribution >= 0.6 is 11.8 Å². The number of nitriles is 1. The van der Waals surface area contributed by atoms with Crippen molar-refractivity contribution in [3.05, 3.63) is 144 Å². The van der Waals surface area contributed by atoms with Crippen molar-refractivity contribution in [1.29, 1.82) is 5.26 Å². The van der Waals surface area contributed by atoms with E-state index in [4.69, 9.17) is 0 Å². The Morgan fingerprint density at radius 1 is 0.826 bits per heavy atom. The highest BCUT2D eigenvalue weighted by Crippen LogP contribution is 2.45. The van der Waals surface area contributed by atoms with Crippen molar-refractivity contribution in [1.82, 2.24) is 9.88 Å². The number of hydrogen-bond donors (Lipinski definition) is 2. The van der Waals surface area contributed by atoms with Crippen molar-refractivity contribution >= 4 is 34.5 Å². The third-order valence-electron chi connectivity index (χ3n) is 8.25. The highest BCUT2D eigenvalue weighted by molar-refractivity contribution is 7.99. The van der Waals surface area contributed by atoms with Gasteiger partial charge < -0.3 is 15.0 Å². The molecule has 0 unspecified atom stereocenters. The first kappa shape index (κ1) is 29.1. The molecule has 1 aliphatic carbocycles. The lowest BCUT2D eigenvalue weighted by atomic mass is 9.98. The first-order valence-electron chi connectivity index (χ1n) is 15.1. The minimum Gasteiger partial charge on any atom is -0.478 e. The monoisotopic (exact) mass is 619 g/mol. The standard InChI is InChI=1S/C39H29N3O3S/c40-22-26-5-4-8-30(19-26)31-20-34(38(43)41-23-25-9-11-29(12-10-25)39(44)45)37-35(21-31)42(32-15-16-32)24-36(37)46-33-17-13-28(14-18-33)27-6-2-1-3-7-27/h1-14,17-21,24,32H,15-16,23H2,(H,41,43)(H,44,45). The molecule has 1 saturated carbocycles. The van der Waals surface area contributed by atoms with E-state index in [0.29, 0.717) is 17.2 Å². The van der Waals surface area contributed by atoms with Gasteiger partial charge in [0.25, 0.3) is 5.91 Å². The summed E-state index contributed by atoms with van der Waals surface area (Å²) in [5.74, 6) is -1.21. The number of nitrogens with zero attached hydrogens (tertiary/aromatic N) is 2. The van der Waals surface area contributed by atoms with Gasteiger partial charge in [0, 0.05) is 34.0 Å². The van der Waals surface area contributed by atoms with Crippen molar-refractivity contribution in [3.8, 4) is 28.3 Å². The maximum Gasteiger partial charge on any atom is 0.335 e. The van der Waals surface area contributed by atoms with Gasteiger partial charge in [0.05, 0.1) is 28.3 Å². The minimum absolute atomic E-state index is 0.198. The molecule has 0 aliphatic heterocycles. The normalized spacial score (nSPS) is 12.5. The lowest BCUT2D eigenvalue weighted by molar-refractivity contribution is 0.0696. The molecule has 1 aliphatic rings. The van der Waals surface area contributed by atoms with Gasteiger partial charge in [-0.3, -0.25) is 4.79 Å². The third-order valence-corrected chi connectivity index (χ3v) is 9.29. The lowest BCUT2D eigenvalue weighted by Gasteiger charge is -2.13. The Morgan fingerprint density at radius 2 is 1.54 bits per heavy atom. The van der Waals surface area contributed by atoms with Gasteiger partial charge in [-0.2, -0.15) is 5.26 Å². The Bertz CT molecular complexity index is 2130. The zero-order chi connectivity index (χ0) is 31.6. The molecule has 1 fully saturated rings. The quantitative estimate of drug-likeness (QED) is 0.168. The summed E-state index contributed by atoms with van der Waals surface area (Å²) in [5.41, 5.74) is 7.14. The number of benzene rings is 5. The number of nitrogens with one attached hydrogen (secondary N) is 1. The number of aromatic carboxylic acids is 1. The van der Waals surface area contributed by atoms with Gasteiger partial charge in [-0.15, -0.1) is 0 Å². The van der Waals surface area contributed by atoms with Gasteiger partial charge >= 0.3 is 5.97 Å².